The smallest absolute Gasteiger partial charge is 0.429 e. The van der Waals surface area contributed by atoms with Gasteiger partial charge in [-0.2, -0.15) is 8.78 Å². The van der Waals surface area contributed by atoms with Gasteiger partial charge in [0.1, 0.15) is 40.4 Å². The number of aromatic nitrogens is 2. The first-order valence-corrected chi connectivity index (χ1v) is 14.0. The third-order valence-electron chi connectivity index (χ3n) is 7.15. The second-order valence-electron chi connectivity index (χ2n) is 10.3. The lowest BCUT2D eigenvalue weighted by Crippen LogP contribution is -2.25. The molecule has 0 unspecified atom stereocenters. The molecule has 0 N–H and O–H groups in total. The average molecular weight is 659 g/mol. The van der Waals surface area contributed by atoms with Gasteiger partial charge in [-0.3, -0.25) is 0 Å². The van der Waals surface area contributed by atoms with Crippen LogP contribution in [-0.4, -0.2) is 9.97 Å². The summed E-state index contributed by atoms with van der Waals surface area (Å²) in [6.45, 7) is 1.95. The molecule has 0 spiro atoms. The molecule has 0 fully saturated rings. The lowest BCUT2D eigenvalue weighted by atomic mass is 9.97. The molecule has 0 bridgehead atoms. The number of rotatable bonds is 10. The largest absolute Gasteiger partial charge is 0.432 e. The summed E-state index contributed by atoms with van der Waals surface area (Å²) in [7, 11) is 0. The fourth-order valence-corrected chi connectivity index (χ4v) is 4.82. The molecule has 47 heavy (non-hydrogen) atoms. The van der Waals surface area contributed by atoms with Crippen molar-refractivity contribution < 1.29 is 44.3 Å². The Labute approximate surface area is 263 Å². The minimum Gasteiger partial charge on any atom is -0.429 e. The molecule has 0 atom stereocenters. The highest BCUT2D eigenvalue weighted by Crippen LogP contribution is 2.39. The van der Waals surface area contributed by atoms with Gasteiger partial charge >= 0.3 is 6.11 Å². The highest BCUT2D eigenvalue weighted by Gasteiger charge is 2.42. The number of hydrogen-bond acceptors (Lipinski definition) is 3. The first-order chi connectivity index (χ1) is 22.4. The molecular formula is C35H23F9N2O. The second kappa shape index (κ2) is 13.7. The molecule has 242 valence electrons. The number of aryl methyl sites for hydroxylation is 1. The number of halogens is 9. The standard InChI is InChI=1S/C35H23F9N2O/c1-2-3-4-5-19-17-45-34(46-18-19)21-8-6-20(7-9-21)22-10-11-25(26(36)12-22)23-13-29(39)32(30(40)14-23)35(43,44)47-24-15-27(37)31(33(41)42)28(38)16-24/h2-3,6-18,33H,4-5H2,1H3/b3-2+. The molecule has 0 aliphatic carbocycles. The van der Waals surface area contributed by atoms with Crippen molar-refractivity contribution in [1.29, 1.82) is 0 Å². The van der Waals surface area contributed by atoms with E-state index in [9.17, 15) is 35.1 Å². The van der Waals surface area contributed by atoms with E-state index in [0.29, 0.717) is 29.1 Å². The Kier molecular flexibility index (Phi) is 9.69. The van der Waals surface area contributed by atoms with Crippen LogP contribution in [0.5, 0.6) is 5.75 Å². The first-order valence-electron chi connectivity index (χ1n) is 14.0. The summed E-state index contributed by atoms with van der Waals surface area (Å²) < 4.78 is 132. The number of nitrogens with zero attached hydrogens (tertiary/aromatic N) is 2. The SMILES string of the molecule is C/C=C/CCc1cnc(-c2ccc(-c3ccc(-c4cc(F)c(C(F)(F)Oc5cc(F)c(C(F)F)c(F)c5)c(F)c4)c(F)c3)cc2)nc1. The van der Waals surface area contributed by atoms with Gasteiger partial charge in [0.25, 0.3) is 6.43 Å². The van der Waals surface area contributed by atoms with E-state index in [1.165, 1.54) is 12.1 Å². The first kappa shape index (κ1) is 33.2. The monoisotopic (exact) mass is 658 g/mol. The summed E-state index contributed by atoms with van der Waals surface area (Å²) in [6.07, 6.45) is 0.765. The Morgan fingerprint density at radius 2 is 1.26 bits per heavy atom. The van der Waals surface area contributed by atoms with Crippen molar-refractivity contribution in [3.05, 3.63) is 137 Å². The fourth-order valence-electron chi connectivity index (χ4n) is 4.82. The van der Waals surface area contributed by atoms with E-state index in [2.05, 4.69) is 14.7 Å². The zero-order valence-electron chi connectivity index (χ0n) is 24.4. The Morgan fingerprint density at radius 3 is 1.81 bits per heavy atom. The Morgan fingerprint density at radius 1 is 0.702 bits per heavy atom. The van der Waals surface area contributed by atoms with Crippen LogP contribution in [0.15, 0.2) is 91.3 Å². The van der Waals surface area contributed by atoms with Gasteiger partial charge in [0.2, 0.25) is 0 Å². The Hall–Kier alpha value is -5.13. The van der Waals surface area contributed by atoms with E-state index >= 15 is 4.39 Å². The average Bonchev–Trinajstić information content (AvgIpc) is 3.00. The van der Waals surface area contributed by atoms with Crippen molar-refractivity contribution >= 4 is 0 Å². The summed E-state index contributed by atoms with van der Waals surface area (Å²) >= 11 is 0. The van der Waals surface area contributed by atoms with Crippen molar-refractivity contribution in [2.75, 3.05) is 0 Å². The molecule has 0 amide bonds. The van der Waals surface area contributed by atoms with Crippen LogP contribution in [0, 0.1) is 29.1 Å². The fraction of sp³-hybridized carbons (Fsp3) is 0.143. The van der Waals surface area contributed by atoms with Gasteiger partial charge in [0.15, 0.2) is 5.82 Å². The van der Waals surface area contributed by atoms with Crippen LogP contribution in [0.4, 0.5) is 39.5 Å². The van der Waals surface area contributed by atoms with Crippen LogP contribution in [0.3, 0.4) is 0 Å². The third-order valence-corrected chi connectivity index (χ3v) is 7.15. The highest BCUT2D eigenvalue weighted by molar-refractivity contribution is 5.73. The summed E-state index contributed by atoms with van der Waals surface area (Å²) in [5, 5.41) is 0. The van der Waals surface area contributed by atoms with Crippen LogP contribution in [0.25, 0.3) is 33.6 Å². The van der Waals surface area contributed by atoms with E-state index in [1.54, 1.807) is 36.7 Å². The van der Waals surface area contributed by atoms with Gasteiger partial charge in [0, 0.05) is 35.7 Å². The van der Waals surface area contributed by atoms with E-state index in [-0.39, 0.29) is 17.7 Å². The summed E-state index contributed by atoms with van der Waals surface area (Å²) in [6, 6.07) is 11.7. The summed E-state index contributed by atoms with van der Waals surface area (Å²) in [4.78, 5) is 8.79. The molecule has 0 saturated carbocycles. The van der Waals surface area contributed by atoms with Gasteiger partial charge in [-0.1, -0.05) is 48.6 Å². The van der Waals surface area contributed by atoms with Crippen LogP contribution >= 0.6 is 0 Å². The van der Waals surface area contributed by atoms with Crippen LogP contribution in [-0.2, 0) is 12.5 Å². The number of benzene rings is 4. The lowest BCUT2D eigenvalue weighted by molar-refractivity contribution is -0.189. The number of alkyl halides is 4. The van der Waals surface area contributed by atoms with Crippen molar-refractivity contribution in [3.8, 4) is 39.4 Å². The zero-order valence-corrected chi connectivity index (χ0v) is 24.4. The van der Waals surface area contributed by atoms with Crippen LogP contribution < -0.4 is 4.74 Å². The molecule has 4 aromatic carbocycles. The van der Waals surface area contributed by atoms with Crippen molar-refractivity contribution in [2.24, 2.45) is 0 Å². The molecule has 1 aromatic heterocycles. The molecule has 1 heterocycles. The lowest BCUT2D eigenvalue weighted by Gasteiger charge is -2.20. The molecule has 0 radical (unpaired) electrons. The number of ether oxygens (including phenoxy) is 1. The molecule has 12 heteroatoms. The maximum absolute atomic E-state index is 15.2. The van der Waals surface area contributed by atoms with E-state index < -0.39 is 64.1 Å². The highest BCUT2D eigenvalue weighted by atomic mass is 19.3. The topological polar surface area (TPSA) is 35.0 Å². The van der Waals surface area contributed by atoms with Gasteiger partial charge in [-0.25, -0.2) is 40.7 Å². The maximum atomic E-state index is 15.2. The summed E-state index contributed by atoms with van der Waals surface area (Å²) in [5.74, 6) is -9.22. The second-order valence-corrected chi connectivity index (χ2v) is 10.3. The Balaban J connectivity index is 1.35. The van der Waals surface area contributed by atoms with Crippen molar-refractivity contribution in [1.82, 2.24) is 9.97 Å². The van der Waals surface area contributed by atoms with Gasteiger partial charge < -0.3 is 4.74 Å². The van der Waals surface area contributed by atoms with E-state index in [1.807, 2.05) is 19.1 Å². The van der Waals surface area contributed by atoms with Gasteiger partial charge in [0.05, 0.1) is 5.56 Å². The predicted molar refractivity (Wildman–Crippen MR) is 157 cm³/mol. The number of hydrogen-bond donors (Lipinski definition) is 0. The Bertz CT molecular complexity index is 1880. The molecule has 0 aliphatic heterocycles. The van der Waals surface area contributed by atoms with E-state index in [4.69, 9.17) is 0 Å². The van der Waals surface area contributed by atoms with Crippen LogP contribution in [0.1, 0.15) is 36.5 Å². The molecule has 0 aliphatic rings. The zero-order chi connectivity index (χ0) is 33.9. The predicted octanol–water partition coefficient (Wildman–Crippen LogP) is 10.7. The number of allylic oxidation sites excluding steroid dienone is 2. The van der Waals surface area contributed by atoms with Crippen LogP contribution in [0.2, 0.25) is 0 Å². The molecule has 0 saturated heterocycles. The normalized spacial score (nSPS) is 11.9. The summed E-state index contributed by atoms with van der Waals surface area (Å²) in [5.41, 5.74) is -1.64. The molecule has 5 aromatic rings. The molecule has 5 rings (SSSR count). The van der Waals surface area contributed by atoms with Crippen molar-refractivity contribution in [2.45, 2.75) is 32.3 Å². The maximum Gasteiger partial charge on any atom is 0.432 e. The van der Waals surface area contributed by atoms with Crippen molar-refractivity contribution in [3.63, 3.8) is 0 Å². The minimum absolute atomic E-state index is 0.0333. The minimum atomic E-state index is -4.84. The molecule has 3 nitrogen and oxygen atoms in total. The van der Waals surface area contributed by atoms with E-state index in [0.717, 1.165) is 30.0 Å². The quantitative estimate of drug-likeness (QED) is 0.111. The van der Waals surface area contributed by atoms with Gasteiger partial charge in [-0.05, 0) is 60.2 Å². The third kappa shape index (κ3) is 7.32. The molecular weight excluding hydrogens is 635 g/mol. The van der Waals surface area contributed by atoms with Gasteiger partial charge in [-0.15, -0.1) is 0 Å².